The largest absolute Gasteiger partial charge is 0.489 e. The van der Waals surface area contributed by atoms with Gasteiger partial charge >= 0.3 is 0 Å². The topological polar surface area (TPSA) is 74.8 Å². The van der Waals surface area contributed by atoms with E-state index in [1.165, 1.54) is 0 Å². The van der Waals surface area contributed by atoms with Gasteiger partial charge in [-0.3, -0.25) is 9.79 Å². The first kappa shape index (κ1) is 21.7. The molecule has 1 rings (SSSR count). The highest BCUT2D eigenvalue weighted by Crippen LogP contribution is 2.35. The number of hydrogen-bond acceptors (Lipinski definition) is 3. The van der Waals surface area contributed by atoms with Crippen LogP contribution in [0.15, 0.2) is 17.1 Å². The van der Waals surface area contributed by atoms with Gasteiger partial charge in [-0.25, -0.2) is 0 Å². The number of rotatable bonds is 8. The summed E-state index contributed by atoms with van der Waals surface area (Å²) in [5.41, 5.74) is 0. The van der Waals surface area contributed by atoms with Gasteiger partial charge in [0.1, 0.15) is 6.61 Å². The van der Waals surface area contributed by atoms with E-state index in [2.05, 4.69) is 20.9 Å². The zero-order chi connectivity index (χ0) is 18.8. The molecule has 0 aliphatic rings. The van der Waals surface area contributed by atoms with Crippen LogP contribution in [-0.2, 0) is 4.79 Å². The van der Waals surface area contributed by atoms with Crippen molar-refractivity contribution < 1.29 is 9.53 Å². The molecule has 0 radical (unpaired) electrons. The maximum absolute atomic E-state index is 11.4. The summed E-state index contributed by atoms with van der Waals surface area (Å²) in [5.74, 6) is 1.00. The lowest BCUT2D eigenvalue weighted by Gasteiger charge is -2.14. The Labute approximate surface area is 163 Å². The minimum atomic E-state index is -0.0268. The zero-order valence-corrected chi connectivity index (χ0v) is 16.7. The average molecular weight is 410 g/mol. The van der Waals surface area contributed by atoms with Crippen LogP contribution in [0.1, 0.15) is 13.8 Å². The molecule has 1 aromatic carbocycles. The van der Waals surface area contributed by atoms with Crippen LogP contribution >= 0.6 is 34.8 Å². The van der Waals surface area contributed by atoms with Gasteiger partial charge in [0, 0.05) is 31.1 Å². The van der Waals surface area contributed by atoms with E-state index in [1.807, 2.05) is 13.8 Å². The van der Waals surface area contributed by atoms with Crippen molar-refractivity contribution in [2.45, 2.75) is 13.8 Å². The fraction of sp³-hybridized carbons (Fsp3) is 0.500. The molecule has 0 spiro atoms. The normalized spacial score (nSPS) is 11.4. The van der Waals surface area contributed by atoms with E-state index in [1.54, 1.807) is 19.2 Å². The molecule has 0 saturated carbocycles. The van der Waals surface area contributed by atoms with Crippen LogP contribution in [0.25, 0.3) is 0 Å². The van der Waals surface area contributed by atoms with Crippen LogP contribution in [0, 0.1) is 5.92 Å². The average Bonchev–Trinajstić information content (AvgIpc) is 2.54. The molecule has 0 bridgehead atoms. The number of nitrogens with one attached hydrogen (secondary N) is 3. The number of halogens is 3. The number of amides is 1. The standard InChI is InChI=1S/C16H23Cl3N4O2/c1-10(2)15(24)21-4-5-22-16(20-3)23-6-7-25-14-12(18)8-11(17)9-13(14)19/h8-10H,4-7H2,1-3H3,(H,21,24)(H2,20,22,23). The first-order chi connectivity index (χ1) is 11.8. The lowest BCUT2D eigenvalue weighted by molar-refractivity contribution is -0.123. The number of ether oxygens (including phenoxy) is 1. The number of carbonyl (C=O) groups excluding carboxylic acids is 1. The summed E-state index contributed by atoms with van der Waals surface area (Å²) in [4.78, 5) is 15.5. The second kappa shape index (κ2) is 11.3. The Bertz CT molecular complexity index is 586. The van der Waals surface area contributed by atoms with Gasteiger partial charge in [-0.2, -0.15) is 0 Å². The summed E-state index contributed by atoms with van der Waals surface area (Å²) >= 11 is 18.0. The predicted molar refractivity (Wildman–Crippen MR) is 104 cm³/mol. The summed E-state index contributed by atoms with van der Waals surface area (Å²) in [6, 6.07) is 3.15. The van der Waals surface area contributed by atoms with Gasteiger partial charge in [-0.05, 0) is 12.1 Å². The molecular formula is C16H23Cl3N4O2. The second-order valence-electron chi connectivity index (χ2n) is 5.42. The Morgan fingerprint density at radius 3 is 2.20 bits per heavy atom. The van der Waals surface area contributed by atoms with Gasteiger partial charge in [-0.15, -0.1) is 0 Å². The maximum atomic E-state index is 11.4. The molecule has 0 saturated heterocycles. The molecule has 0 aliphatic heterocycles. The first-order valence-corrected chi connectivity index (χ1v) is 8.98. The molecule has 1 aromatic rings. The monoisotopic (exact) mass is 408 g/mol. The summed E-state index contributed by atoms with van der Waals surface area (Å²) in [6.45, 7) is 5.61. The number of hydrogen-bond donors (Lipinski definition) is 3. The van der Waals surface area contributed by atoms with E-state index in [9.17, 15) is 4.79 Å². The van der Waals surface area contributed by atoms with Crippen molar-refractivity contribution in [3.63, 3.8) is 0 Å². The fourth-order valence-electron chi connectivity index (χ4n) is 1.78. The third kappa shape index (κ3) is 8.03. The molecule has 9 heteroatoms. The molecule has 0 fully saturated rings. The minimum absolute atomic E-state index is 0.0230. The highest BCUT2D eigenvalue weighted by atomic mass is 35.5. The zero-order valence-electron chi connectivity index (χ0n) is 14.5. The van der Waals surface area contributed by atoms with Crippen LogP contribution in [0.2, 0.25) is 15.1 Å². The van der Waals surface area contributed by atoms with Crippen molar-refractivity contribution >= 4 is 46.7 Å². The molecule has 0 unspecified atom stereocenters. The summed E-state index contributed by atoms with van der Waals surface area (Å²) < 4.78 is 5.58. The fourth-order valence-corrected chi connectivity index (χ4v) is 2.71. The predicted octanol–water partition coefficient (Wildman–Crippen LogP) is 2.96. The second-order valence-corrected chi connectivity index (χ2v) is 6.67. The SMILES string of the molecule is CN=C(NCCNC(=O)C(C)C)NCCOc1c(Cl)cc(Cl)cc1Cl. The molecule has 140 valence electrons. The van der Waals surface area contributed by atoms with Crippen molar-refractivity contribution in [1.82, 2.24) is 16.0 Å². The lowest BCUT2D eigenvalue weighted by Crippen LogP contribution is -2.43. The molecule has 6 nitrogen and oxygen atoms in total. The Morgan fingerprint density at radius 1 is 1.08 bits per heavy atom. The van der Waals surface area contributed by atoms with Gasteiger partial charge in [0.2, 0.25) is 5.91 Å². The van der Waals surface area contributed by atoms with Gasteiger partial charge < -0.3 is 20.7 Å². The van der Waals surface area contributed by atoms with E-state index < -0.39 is 0 Å². The van der Waals surface area contributed by atoms with Gasteiger partial charge in [0.15, 0.2) is 11.7 Å². The minimum Gasteiger partial charge on any atom is -0.489 e. The molecule has 1 amide bonds. The van der Waals surface area contributed by atoms with Crippen molar-refractivity contribution in [1.29, 1.82) is 0 Å². The summed E-state index contributed by atoms with van der Waals surface area (Å²) in [6.07, 6.45) is 0. The number of aliphatic imine (C=N–C) groups is 1. The molecule has 0 heterocycles. The number of benzene rings is 1. The Hall–Kier alpha value is -1.37. The van der Waals surface area contributed by atoms with Crippen molar-refractivity contribution in [3.05, 3.63) is 27.2 Å². The molecular weight excluding hydrogens is 387 g/mol. The van der Waals surface area contributed by atoms with Crippen LogP contribution in [0.5, 0.6) is 5.75 Å². The van der Waals surface area contributed by atoms with E-state index in [-0.39, 0.29) is 11.8 Å². The quantitative estimate of drug-likeness (QED) is 0.350. The Balaban J connectivity index is 2.29. The third-order valence-electron chi connectivity index (χ3n) is 3.07. The van der Waals surface area contributed by atoms with Crippen LogP contribution < -0.4 is 20.7 Å². The van der Waals surface area contributed by atoms with E-state index in [0.29, 0.717) is 53.0 Å². The van der Waals surface area contributed by atoms with Crippen LogP contribution in [0.4, 0.5) is 0 Å². The van der Waals surface area contributed by atoms with Crippen LogP contribution in [0.3, 0.4) is 0 Å². The summed E-state index contributed by atoms with van der Waals surface area (Å²) in [5, 5.41) is 10.2. The lowest BCUT2D eigenvalue weighted by atomic mass is 10.2. The molecule has 3 N–H and O–H groups in total. The summed E-state index contributed by atoms with van der Waals surface area (Å²) in [7, 11) is 1.66. The van der Waals surface area contributed by atoms with E-state index in [4.69, 9.17) is 39.5 Å². The number of guanidine groups is 1. The molecule has 0 aliphatic carbocycles. The number of carbonyl (C=O) groups is 1. The first-order valence-electron chi connectivity index (χ1n) is 7.84. The van der Waals surface area contributed by atoms with E-state index >= 15 is 0 Å². The highest BCUT2D eigenvalue weighted by Gasteiger charge is 2.09. The van der Waals surface area contributed by atoms with Gasteiger partial charge in [-0.1, -0.05) is 48.7 Å². The van der Waals surface area contributed by atoms with Gasteiger partial charge in [0.05, 0.1) is 16.6 Å². The van der Waals surface area contributed by atoms with Crippen molar-refractivity contribution in [2.75, 3.05) is 33.3 Å². The smallest absolute Gasteiger partial charge is 0.222 e. The molecule has 0 aromatic heterocycles. The van der Waals surface area contributed by atoms with E-state index in [0.717, 1.165) is 0 Å². The third-order valence-corrected chi connectivity index (χ3v) is 3.85. The van der Waals surface area contributed by atoms with Gasteiger partial charge in [0.25, 0.3) is 0 Å². The Morgan fingerprint density at radius 2 is 1.64 bits per heavy atom. The molecule has 25 heavy (non-hydrogen) atoms. The highest BCUT2D eigenvalue weighted by molar-refractivity contribution is 6.40. The van der Waals surface area contributed by atoms with Crippen molar-refractivity contribution in [2.24, 2.45) is 10.9 Å². The maximum Gasteiger partial charge on any atom is 0.222 e. The molecule has 0 atom stereocenters. The van der Waals surface area contributed by atoms with Crippen LogP contribution in [-0.4, -0.2) is 45.2 Å². The Kier molecular flexibility index (Phi) is 9.78. The number of nitrogens with zero attached hydrogens (tertiary/aromatic N) is 1. The van der Waals surface area contributed by atoms with Crippen molar-refractivity contribution in [3.8, 4) is 5.75 Å².